The second kappa shape index (κ2) is 4.28. The molecule has 0 radical (unpaired) electrons. The van der Waals surface area contributed by atoms with Crippen LogP contribution in [-0.2, 0) is 0 Å². The van der Waals surface area contributed by atoms with Gasteiger partial charge in [-0.2, -0.15) is 0 Å². The molecule has 0 saturated heterocycles. The third-order valence-electron chi connectivity index (χ3n) is 2.24. The Balaban J connectivity index is 2.49. The highest BCUT2D eigenvalue weighted by Gasteiger charge is 2.17. The number of aryl methyl sites for hydroxylation is 1. The fourth-order valence-corrected chi connectivity index (χ4v) is 2.54. The van der Waals surface area contributed by atoms with Gasteiger partial charge in [-0.05, 0) is 31.2 Å². The van der Waals surface area contributed by atoms with Gasteiger partial charge >= 0.3 is 0 Å². The summed E-state index contributed by atoms with van der Waals surface area (Å²) in [6.45, 7) is 1.96. The van der Waals surface area contributed by atoms with Crippen LogP contribution in [0.4, 0.5) is 5.69 Å². The molecule has 2 N–H and O–H groups in total. The largest absolute Gasteiger partial charge is 0.398 e. The number of halogens is 1. The van der Waals surface area contributed by atoms with Crippen molar-refractivity contribution in [1.82, 2.24) is 0 Å². The Morgan fingerprint density at radius 1 is 1.31 bits per heavy atom. The summed E-state index contributed by atoms with van der Waals surface area (Å²) in [4.78, 5) is 13.9. The van der Waals surface area contributed by atoms with E-state index in [-0.39, 0.29) is 5.78 Å². The van der Waals surface area contributed by atoms with E-state index in [9.17, 15) is 4.79 Å². The smallest absolute Gasteiger partial charge is 0.206 e. The predicted octanol–water partition coefficient (Wildman–Crippen LogP) is 3.52. The van der Waals surface area contributed by atoms with Gasteiger partial charge in [-0.25, -0.2) is 0 Å². The Hall–Kier alpha value is -1.32. The van der Waals surface area contributed by atoms with E-state index in [1.54, 1.807) is 24.3 Å². The number of benzene rings is 1. The van der Waals surface area contributed by atoms with Gasteiger partial charge in [-0.3, -0.25) is 4.79 Å². The molecule has 1 aromatic heterocycles. The number of thiophene rings is 1. The van der Waals surface area contributed by atoms with Gasteiger partial charge in [0.2, 0.25) is 5.78 Å². The van der Waals surface area contributed by atoms with E-state index < -0.39 is 0 Å². The average Bonchev–Trinajstić information content (AvgIpc) is 2.64. The number of ketones is 1. The lowest BCUT2D eigenvalue weighted by atomic mass is 10.1. The van der Waals surface area contributed by atoms with E-state index in [4.69, 9.17) is 17.3 Å². The van der Waals surface area contributed by atoms with Gasteiger partial charge < -0.3 is 5.73 Å². The number of hydrogen-bond acceptors (Lipinski definition) is 3. The highest BCUT2D eigenvalue weighted by Crippen LogP contribution is 2.27. The minimum Gasteiger partial charge on any atom is -0.398 e. The van der Waals surface area contributed by atoms with Crippen molar-refractivity contribution < 1.29 is 4.79 Å². The Labute approximate surface area is 103 Å². The van der Waals surface area contributed by atoms with Gasteiger partial charge in [0.1, 0.15) is 0 Å². The van der Waals surface area contributed by atoms with Crippen LogP contribution in [0.5, 0.6) is 0 Å². The Morgan fingerprint density at radius 3 is 2.62 bits per heavy atom. The molecule has 16 heavy (non-hydrogen) atoms. The van der Waals surface area contributed by atoms with Gasteiger partial charge in [0.25, 0.3) is 0 Å². The second-order valence-electron chi connectivity index (χ2n) is 3.44. The van der Waals surface area contributed by atoms with E-state index >= 15 is 0 Å². The van der Waals surface area contributed by atoms with Crippen LogP contribution < -0.4 is 5.73 Å². The summed E-state index contributed by atoms with van der Waals surface area (Å²) >= 11 is 7.43. The maximum Gasteiger partial charge on any atom is 0.206 e. The van der Waals surface area contributed by atoms with Gasteiger partial charge in [0.05, 0.1) is 15.5 Å². The molecular weight excluding hydrogens is 242 g/mol. The van der Waals surface area contributed by atoms with Crippen LogP contribution in [0.2, 0.25) is 5.02 Å². The number of nitrogen functional groups attached to an aromatic ring is 1. The highest BCUT2D eigenvalue weighted by molar-refractivity contribution is 7.14. The molecule has 82 valence electrons. The lowest BCUT2D eigenvalue weighted by Crippen LogP contribution is -2.04. The fourth-order valence-electron chi connectivity index (χ4n) is 1.46. The van der Waals surface area contributed by atoms with E-state index in [1.165, 1.54) is 11.3 Å². The first kappa shape index (κ1) is 11.2. The molecule has 0 spiro atoms. The van der Waals surface area contributed by atoms with Crippen LogP contribution in [0, 0.1) is 6.92 Å². The summed E-state index contributed by atoms with van der Waals surface area (Å²) in [5.41, 5.74) is 6.58. The van der Waals surface area contributed by atoms with Gasteiger partial charge in [0, 0.05) is 10.6 Å². The van der Waals surface area contributed by atoms with Crippen LogP contribution in [0.1, 0.15) is 20.1 Å². The zero-order valence-corrected chi connectivity index (χ0v) is 10.2. The molecule has 0 saturated carbocycles. The molecule has 0 bridgehead atoms. The number of carbonyl (C=O) groups is 1. The first-order valence-electron chi connectivity index (χ1n) is 4.74. The zero-order chi connectivity index (χ0) is 11.7. The summed E-state index contributed by atoms with van der Waals surface area (Å²) in [5, 5.41) is 0.399. The van der Waals surface area contributed by atoms with Crippen molar-refractivity contribution in [2.24, 2.45) is 0 Å². The van der Waals surface area contributed by atoms with Crippen LogP contribution in [0.25, 0.3) is 0 Å². The SMILES string of the molecule is Cc1ccc(C(=O)c2c(N)cccc2Cl)s1. The predicted molar refractivity (Wildman–Crippen MR) is 68.4 cm³/mol. The summed E-state index contributed by atoms with van der Waals surface area (Å²) in [6.07, 6.45) is 0. The van der Waals surface area contributed by atoms with Crippen molar-refractivity contribution in [1.29, 1.82) is 0 Å². The Kier molecular flexibility index (Phi) is 2.99. The molecular formula is C12H10ClNOS. The molecule has 1 heterocycles. The van der Waals surface area contributed by atoms with Crippen molar-refractivity contribution in [2.45, 2.75) is 6.92 Å². The lowest BCUT2D eigenvalue weighted by molar-refractivity contribution is 0.104. The Bertz CT molecular complexity index is 527. The topological polar surface area (TPSA) is 43.1 Å². The minimum atomic E-state index is -0.110. The van der Waals surface area contributed by atoms with Crippen molar-refractivity contribution >= 4 is 34.4 Å². The van der Waals surface area contributed by atoms with Crippen molar-refractivity contribution in [3.63, 3.8) is 0 Å². The second-order valence-corrected chi connectivity index (χ2v) is 5.14. The molecule has 0 amide bonds. The van der Waals surface area contributed by atoms with E-state index in [1.807, 2.05) is 13.0 Å². The van der Waals surface area contributed by atoms with Gasteiger partial charge in [-0.15, -0.1) is 11.3 Å². The number of carbonyl (C=O) groups excluding carboxylic acids is 1. The molecule has 1 aromatic carbocycles. The maximum absolute atomic E-state index is 12.1. The van der Waals surface area contributed by atoms with Crippen LogP contribution in [0.3, 0.4) is 0 Å². The molecule has 4 heteroatoms. The summed E-state index contributed by atoms with van der Waals surface area (Å²) in [5.74, 6) is -0.110. The number of rotatable bonds is 2. The molecule has 0 aliphatic rings. The molecule has 0 aliphatic carbocycles. The minimum absolute atomic E-state index is 0.110. The molecule has 2 rings (SSSR count). The average molecular weight is 252 g/mol. The summed E-state index contributed by atoms with van der Waals surface area (Å²) < 4.78 is 0. The van der Waals surface area contributed by atoms with E-state index in [0.717, 1.165) is 4.88 Å². The van der Waals surface area contributed by atoms with Crippen molar-refractivity contribution in [3.8, 4) is 0 Å². The number of nitrogens with two attached hydrogens (primary N) is 1. The Morgan fingerprint density at radius 2 is 2.06 bits per heavy atom. The molecule has 0 atom stereocenters. The van der Waals surface area contributed by atoms with Crippen molar-refractivity contribution in [3.05, 3.63) is 50.7 Å². The lowest BCUT2D eigenvalue weighted by Gasteiger charge is -2.04. The van der Waals surface area contributed by atoms with E-state index in [2.05, 4.69) is 0 Å². The number of hydrogen-bond donors (Lipinski definition) is 1. The summed E-state index contributed by atoms with van der Waals surface area (Å²) in [6, 6.07) is 8.79. The molecule has 2 aromatic rings. The third kappa shape index (κ3) is 1.96. The normalized spacial score (nSPS) is 10.4. The van der Waals surface area contributed by atoms with Gasteiger partial charge in [-0.1, -0.05) is 17.7 Å². The van der Waals surface area contributed by atoms with Crippen LogP contribution >= 0.6 is 22.9 Å². The van der Waals surface area contributed by atoms with Gasteiger partial charge in [0.15, 0.2) is 0 Å². The third-order valence-corrected chi connectivity index (χ3v) is 3.55. The number of anilines is 1. The van der Waals surface area contributed by atoms with Crippen molar-refractivity contribution in [2.75, 3.05) is 5.73 Å². The molecule has 0 aliphatic heterocycles. The molecule has 0 unspecified atom stereocenters. The highest BCUT2D eigenvalue weighted by atomic mass is 35.5. The standard InChI is InChI=1S/C12H10ClNOS/c1-7-5-6-10(16-7)12(15)11-8(13)3-2-4-9(11)14/h2-6H,14H2,1H3. The monoisotopic (exact) mass is 251 g/mol. The van der Waals surface area contributed by atoms with Crippen LogP contribution in [0.15, 0.2) is 30.3 Å². The van der Waals surface area contributed by atoms with Crippen LogP contribution in [-0.4, -0.2) is 5.78 Å². The zero-order valence-electron chi connectivity index (χ0n) is 8.66. The summed E-state index contributed by atoms with van der Waals surface area (Å²) in [7, 11) is 0. The fraction of sp³-hybridized carbons (Fsp3) is 0.0833. The quantitative estimate of drug-likeness (QED) is 0.656. The first-order valence-corrected chi connectivity index (χ1v) is 5.94. The van der Waals surface area contributed by atoms with E-state index in [0.29, 0.717) is 21.2 Å². The molecule has 0 fully saturated rings. The maximum atomic E-state index is 12.1. The first-order chi connectivity index (χ1) is 7.59. The molecule has 2 nitrogen and oxygen atoms in total.